The molecule has 0 spiro atoms. The Labute approximate surface area is 166 Å². The maximum absolute atomic E-state index is 10.3. The van der Waals surface area contributed by atoms with Gasteiger partial charge in [0.15, 0.2) is 11.5 Å². The first kappa shape index (κ1) is 19.1. The Morgan fingerprint density at radius 2 is 1.68 bits per heavy atom. The summed E-state index contributed by atoms with van der Waals surface area (Å²) in [5.74, 6) is 2.52. The third-order valence-electron chi connectivity index (χ3n) is 5.54. The van der Waals surface area contributed by atoms with Crippen LogP contribution < -0.4 is 24.0 Å². The average Bonchev–Trinajstić information content (AvgIpc) is 3.17. The van der Waals surface area contributed by atoms with Gasteiger partial charge in [0.25, 0.3) is 0 Å². The lowest BCUT2D eigenvalue weighted by Gasteiger charge is -2.30. The molecule has 1 saturated heterocycles. The third kappa shape index (κ3) is 4.95. The molecule has 1 fully saturated rings. The van der Waals surface area contributed by atoms with Crippen LogP contribution in [0.4, 0.5) is 0 Å². The number of hydrogen-bond donors (Lipinski definition) is 3. The first-order valence-electron chi connectivity index (χ1n) is 10.1. The highest BCUT2D eigenvalue weighted by molar-refractivity contribution is 5.44. The number of rotatable bonds is 7. The lowest BCUT2D eigenvalue weighted by molar-refractivity contribution is -1.02. The molecule has 150 valence electrons. The molecule has 28 heavy (non-hydrogen) atoms. The summed E-state index contributed by atoms with van der Waals surface area (Å²) in [5, 5.41) is 10.3. The van der Waals surface area contributed by atoms with Gasteiger partial charge in [-0.05, 0) is 37.3 Å². The van der Waals surface area contributed by atoms with Gasteiger partial charge in [0.05, 0.1) is 0 Å². The van der Waals surface area contributed by atoms with Gasteiger partial charge >= 0.3 is 0 Å². The quantitative estimate of drug-likeness (QED) is 0.598. The van der Waals surface area contributed by atoms with Gasteiger partial charge in [-0.1, -0.05) is 17.7 Å². The number of fused-ring (bicyclic) bond motifs is 1. The van der Waals surface area contributed by atoms with Gasteiger partial charge in [-0.3, -0.25) is 0 Å². The first-order valence-corrected chi connectivity index (χ1v) is 10.1. The molecule has 0 unspecified atom stereocenters. The minimum atomic E-state index is -0.438. The predicted octanol–water partition coefficient (Wildman–Crippen LogP) is -0.553. The number of aryl methyl sites for hydroxylation is 1. The third-order valence-corrected chi connectivity index (χ3v) is 5.54. The summed E-state index contributed by atoms with van der Waals surface area (Å²) in [6.07, 6.45) is -0.438. The summed E-state index contributed by atoms with van der Waals surface area (Å²) in [4.78, 5) is 3.03. The minimum absolute atomic E-state index is 0.323. The summed E-state index contributed by atoms with van der Waals surface area (Å²) in [6.45, 7) is 8.82. The van der Waals surface area contributed by atoms with Crippen LogP contribution >= 0.6 is 0 Å². The SMILES string of the molecule is Cc1ccc(OC[C@H](O)C[NH+]2CC[NH+](Cc3ccc4c(c3)OCO4)CC2)cc1. The number of benzene rings is 2. The molecule has 0 bridgehead atoms. The maximum atomic E-state index is 10.3. The fourth-order valence-corrected chi connectivity index (χ4v) is 3.90. The van der Waals surface area contributed by atoms with Crippen molar-refractivity contribution >= 4 is 0 Å². The van der Waals surface area contributed by atoms with Crippen molar-refractivity contribution in [2.75, 3.05) is 46.1 Å². The Morgan fingerprint density at radius 3 is 2.46 bits per heavy atom. The van der Waals surface area contributed by atoms with E-state index in [1.807, 2.05) is 30.3 Å². The fourth-order valence-electron chi connectivity index (χ4n) is 3.90. The molecule has 6 nitrogen and oxygen atoms in total. The van der Waals surface area contributed by atoms with Gasteiger partial charge in [-0.2, -0.15) is 0 Å². The normalized spacial score (nSPS) is 22.1. The van der Waals surface area contributed by atoms with E-state index in [4.69, 9.17) is 14.2 Å². The minimum Gasteiger partial charge on any atom is -0.491 e. The topological polar surface area (TPSA) is 56.8 Å². The molecule has 2 aliphatic heterocycles. The monoisotopic (exact) mass is 386 g/mol. The van der Waals surface area contributed by atoms with Gasteiger partial charge in [0.1, 0.15) is 57.7 Å². The molecular formula is C22H30N2O4+2. The molecule has 2 aromatic rings. The van der Waals surface area contributed by atoms with Crippen molar-refractivity contribution in [3.63, 3.8) is 0 Å². The Hall–Kier alpha value is -2.28. The lowest BCUT2D eigenvalue weighted by atomic mass is 10.1. The molecule has 2 aromatic carbocycles. The van der Waals surface area contributed by atoms with Crippen LogP contribution in [0.2, 0.25) is 0 Å². The second-order valence-electron chi connectivity index (χ2n) is 7.85. The number of ether oxygens (including phenoxy) is 3. The van der Waals surface area contributed by atoms with Crippen LogP contribution in [-0.4, -0.2) is 57.3 Å². The van der Waals surface area contributed by atoms with Crippen molar-refractivity contribution in [1.29, 1.82) is 0 Å². The second kappa shape index (κ2) is 8.82. The number of nitrogens with one attached hydrogen (secondary N) is 2. The number of piperazine rings is 1. The van der Waals surface area contributed by atoms with E-state index in [-0.39, 0.29) is 0 Å². The summed E-state index contributed by atoms with van der Waals surface area (Å²) in [5.41, 5.74) is 2.49. The van der Waals surface area contributed by atoms with Gasteiger partial charge in [0, 0.05) is 5.56 Å². The number of aliphatic hydroxyl groups is 1. The molecule has 2 heterocycles. The average molecular weight is 386 g/mol. The van der Waals surface area contributed by atoms with E-state index in [1.165, 1.54) is 16.0 Å². The predicted molar refractivity (Wildman–Crippen MR) is 105 cm³/mol. The molecule has 4 rings (SSSR count). The Bertz CT molecular complexity index is 773. The van der Waals surface area contributed by atoms with Crippen molar-refractivity contribution in [2.24, 2.45) is 0 Å². The van der Waals surface area contributed by atoms with Crippen LogP contribution in [-0.2, 0) is 6.54 Å². The van der Waals surface area contributed by atoms with E-state index in [2.05, 4.69) is 19.1 Å². The molecule has 0 aromatic heterocycles. The van der Waals surface area contributed by atoms with E-state index in [0.29, 0.717) is 13.4 Å². The van der Waals surface area contributed by atoms with Crippen LogP contribution in [0.15, 0.2) is 42.5 Å². The van der Waals surface area contributed by atoms with E-state index < -0.39 is 6.10 Å². The zero-order valence-corrected chi connectivity index (χ0v) is 16.4. The molecule has 2 aliphatic rings. The van der Waals surface area contributed by atoms with Crippen LogP contribution in [0.1, 0.15) is 11.1 Å². The summed E-state index contributed by atoms with van der Waals surface area (Å²) >= 11 is 0. The van der Waals surface area contributed by atoms with Crippen LogP contribution in [0.3, 0.4) is 0 Å². The number of quaternary nitrogens is 2. The van der Waals surface area contributed by atoms with Gasteiger partial charge in [0.2, 0.25) is 6.79 Å². The molecule has 6 heteroatoms. The van der Waals surface area contributed by atoms with Gasteiger partial charge in [-0.15, -0.1) is 0 Å². The largest absolute Gasteiger partial charge is 0.491 e. The van der Waals surface area contributed by atoms with Gasteiger partial charge < -0.3 is 29.1 Å². The zero-order valence-electron chi connectivity index (χ0n) is 16.4. The molecule has 0 amide bonds. The summed E-state index contributed by atoms with van der Waals surface area (Å²) in [6, 6.07) is 14.2. The molecular weight excluding hydrogens is 356 g/mol. The Morgan fingerprint density at radius 1 is 0.964 bits per heavy atom. The van der Waals surface area contributed by atoms with E-state index in [1.54, 1.807) is 4.90 Å². The standard InChI is InChI=1S/C22H28N2O4/c1-17-2-5-20(6-3-17)26-15-19(25)14-24-10-8-23(9-11-24)13-18-4-7-21-22(12-18)28-16-27-21/h2-7,12,19,25H,8-11,13-16H2,1H3/p+2/t19-/m1/s1. The Kier molecular flexibility index (Phi) is 6.00. The van der Waals surface area contributed by atoms with Crippen molar-refractivity contribution < 1.29 is 29.1 Å². The molecule has 0 radical (unpaired) electrons. The van der Waals surface area contributed by atoms with E-state index >= 15 is 0 Å². The maximum Gasteiger partial charge on any atom is 0.231 e. The molecule has 0 aliphatic carbocycles. The lowest BCUT2D eigenvalue weighted by Crippen LogP contribution is -3.28. The summed E-state index contributed by atoms with van der Waals surface area (Å²) in [7, 11) is 0. The zero-order chi connectivity index (χ0) is 19.3. The molecule has 0 saturated carbocycles. The van der Waals surface area contributed by atoms with Crippen molar-refractivity contribution in [3.05, 3.63) is 53.6 Å². The molecule has 1 atom stereocenters. The van der Waals surface area contributed by atoms with Crippen LogP contribution in [0.25, 0.3) is 0 Å². The summed E-state index contributed by atoms with van der Waals surface area (Å²) < 4.78 is 16.6. The smallest absolute Gasteiger partial charge is 0.231 e. The highest BCUT2D eigenvalue weighted by atomic mass is 16.7. The first-order chi connectivity index (χ1) is 13.7. The van der Waals surface area contributed by atoms with Crippen LogP contribution in [0.5, 0.6) is 17.2 Å². The van der Waals surface area contributed by atoms with E-state index in [0.717, 1.165) is 56.5 Å². The van der Waals surface area contributed by atoms with Crippen molar-refractivity contribution in [3.8, 4) is 17.2 Å². The Balaban J connectivity index is 1.18. The number of hydrogen-bond acceptors (Lipinski definition) is 4. The highest BCUT2D eigenvalue weighted by Crippen LogP contribution is 2.32. The fraction of sp³-hybridized carbons (Fsp3) is 0.455. The van der Waals surface area contributed by atoms with Crippen molar-refractivity contribution in [1.82, 2.24) is 0 Å². The number of aliphatic hydroxyl groups excluding tert-OH is 1. The van der Waals surface area contributed by atoms with Gasteiger partial charge in [-0.25, -0.2) is 0 Å². The van der Waals surface area contributed by atoms with Crippen molar-refractivity contribution in [2.45, 2.75) is 19.6 Å². The van der Waals surface area contributed by atoms with E-state index in [9.17, 15) is 5.11 Å². The second-order valence-corrected chi connectivity index (χ2v) is 7.85. The highest BCUT2D eigenvalue weighted by Gasteiger charge is 2.25. The molecule has 3 N–H and O–H groups in total. The van der Waals surface area contributed by atoms with Crippen LogP contribution in [0, 0.1) is 6.92 Å².